The number of amides is 2. The van der Waals surface area contributed by atoms with E-state index in [0.717, 1.165) is 19.4 Å². The van der Waals surface area contributed by atoms with E-state index in [0.29, 0.717) is 5.56 Å². The van der Waals surface area contributed by atoms with Crippen molar-refractivity contribution in [1.29, 1.82) is 0 Å². The molecule has 0 radical (unpaired) electrons. The predicted octanol–water partition coefficient (Wildman–Crippen LogP) is 1.64. The molecule has 164 valence electrons. The highest BCUT2D eigenvalue weighted by molar-refractivity contribution is 5.94. The summed E-state index contributed by atoms with van der Waals surface area (Å²) in [5, 5.41) is 23.7. The van der Waals surface area contributed by atoms with Crippen molar-refractivity contribution < 1.29 is 28.7 Å². The molecule has 2 unspecified atom stereocenters. The molecule has 2 atom stereocenters. The predicted molar refractivity (Wildman–Crippen MR) is 109 cm³/mol. The second-order valence-electron chi connectivity index (χ2n) is 7.07. The Kier molecular flexibility index (Phi) is 7.83. The summed E-state index contributed by atoms with van der Waals surface area (Å²) in [7, 11) is 0. The van der Waals surface area contributed by atoms with Crippen LogP contribution in [0, 0.1) is 11.8 Å². The average Bonchev–Trinajstić information content (AvgIpc) is 2.77. The molecule has 2 amide bonds. The van der Waals surface area contributed by atoms with Crippen LogP contribution < -0.4 is 16.1 Å². The second-order valence-corrected chi connectivity index (χ2v) is 7.07. The molecule has 0 aliphatic carbocycles. The molecule has 0 heterocycles. The van der Waals surface area contributed by atoms with Crippen LogP contribution in [0.15, 0.2) is 54.6 Å². The summed E-state index contributed by atoms with van der Waals surface area (Å²) < 4.78 is 26.4. The number of hydroxylamine groups is 1. The van der Waals surface area contributed by atoms with E-state index in [2.05, 4.69) is 22.5 Å². The maximum Gasteiger partial charge on any atom is 0.268 e. The normalized spacial score (nSPS) is 14.5. The summed E-state index contributed by atoms with van der Waals surface area (Å²) in [6, 6.07) is 15.8. The van der Waals surface area contributed by atoms with Gasteiger partial charge in [-0.15, -0.1) is 0 Å². The summed E-state index contributed by atoms with van der Waals surface area (Å²) in [6.07, 6.45) is -3.30. The molecule has 0 saturated carbocycles. The van der Waals surface area contributed by atoms with E-state index in [9.17, 15) is 23.5 Å². The number of halogens is 2. The van der Waals surface area contributed by atoms with Crippen molar-refractivity contribution in [1.82, 2.24) is 16.1 Å². The SMILES string of the molecule is CC(NCNC(=O)c1ccc(C#Cc2ccccc2)cc1)(C(=O)NO)C(C)(O)C(F)F. The molecular formula is C22H23F2N3O4. The van der Waals surface area contributed by atoms with E-state index < -0.39 is 36.0 Å². The molecule has 0 saturated heterocycles. The van der Waals surface area contributed by atoms with Crippen LogP contribution in [0.25, 0.3) is 0 Å². The van der Waals surface area contributed by atoms with Gasteiger partial charge in [0.25, 0.3) is 18.2 Å². The van der Waals surface area contributed by atoms with Gasteiger partial charge in [0.2, 0.25) is 0 Å². The minimum atomic E-state index is -3.30. The summed E-state index contributed by atoms with van der Waals surface area (Å²) in [5.41, 5.74) is -2.05. The van der Waals surface area contributed by atoms with Gasteiger partial charge in [-0.05, 0) is 50.2 Å². The maximum atomic E-state index is 13.2. The lowest BCUT2D eigenvalue weighted by atomic mass is 9.82. The lowest BCUT2D eigenvalue weighted by Crippen LogP contribution is -2.70. The van der Waals surface area contributed by atoms with Crippen LogP contribution in [0.2, 0.25) is 0 Å². The van der Waals surface area contributed by atoms with E-state index in [1.54, 1.807) is 24.3 Å². The molecular weight excluding hydrogens is 408 g/mol. The number of alkyl halides is 2. The quantitative estimate of drug-likeness (QED) is 0.198. The molecule has 2 rings (SSSR count). The summed E-state index contributed by atoms with van der Waals surface area (Å²) >= 11 is 0. The van der Waals surface area contributed by atoms with Crippen LogP contribution in [-0.4, -0.2) is 46.4 Å². The van der Waals surface area contributed by atoms with Gasteiger partial charge in [0.15, 0.2) is 0 Å². The van der Waals surface area contributed by atoms with Crippen molar-refractivity contribution in [3.8, 4) is 11.8 Å². The topological polar surface area (TPSA) is 111 Å². The number of benzene rings is 2. The fourth-order valence-electron chi connectivity index (χ4n) is 2.59. The van der Waals surface area contributed by atoms with Gasteiger partial charge in [-0.2, -0.15) is 0 Å². The first kappa shape index (κ1) is 24.0. The Morgan fingerprint density at radius 1 is 1.00 bits per heavy atom. The molecule has 0 fully saturated rings. The van der Waals surface area contributed by atoms with Crippen molar-refractivity contribution in [2.75, 3.05) is 6.67 Å². The van der Waals surface area contributed by atoms with Gasteiger partial charge in [-0.3, -0.25) is 20.1 Å². The molecule has 0 aliphatic heterocycles. The minimum absolute atomic E-state index is 0.279. The zero-order chi connectivity index (χ0) is 23.1. The van der Waals surface area contributed by atoms with E-state index in [-0.39, 0.29) is 5.56 Å². The van der Waals surface area contributed by atoms with Crippen molar-refractivity contribution in [3.63, 3.8) is 0 Å². The van der Waals surface area contributed by atoms with Gasteiger partial charge in [-0.1, -0.05) is 30.0 Å². The van der Waals surface area contributed by atoms with Crippen LogP contribution in [-0.2, 0) is 4.79 Å². The summed E-state index contributed by atoms with van der Waals surface area (Å²) in [4.78, 5) is 24.2. The Bertz CT molecular complexity index is 970. The van der Waals surface area contributed by atoms with E-state index in [1.165, 1.54) is 5.48 Å². The smallest absolute Gasteiger partial charge is 0.268 e. The highest BCUT2D eigenvalue weighted by Crippen LogP contribution is 2.28. The highest BCUT2D eigenvalue weighted by atomic mass is 19.3. The molecule has 0 aromatic heterocycles. The van der Waals surface area contributed by atoms with Gasteiger partial charge >= 0.3 is 0 Å². The van der Waals surface area contributed by atoms with Crippen molar-refractivity contribution >= 4 is 11.8 Å². The van der Waals surface area contributed by atoms with Gasteiger partial charge in [0.05, 0.1) is 6.67 Å². The fraction of sp³-hybridized carbons (Fsp3) is 0.273. The molecule has 5 N–H and O–H groups in total. The zero-order valence-corrected chi connectivity index (χ0v) is 16.9. The first-order valence-electron chi connectivity index (χ1n) is 9.27. The Labute approximate surface area is 178 Å². The first-order valence-corrected chi connectivity index (χ1v) is 9.27. The molecule has 2 aromatic rings. The van der Waals surface area contributed by atoms with Crippen LogP contribution in [0.1, 0.15) is 35.3 Å². The maximum absolute atomic E-state index is 13.2. The molecule has 7 nitrogen and oxygen atoms in total. The van der Waals surface area contributed by atoms with Crippen LogP contribution >= 0.6 is 0 Å². The number of carbonyl (C=O) groups is 2. The third kappa shape index (κ3) is 5.64. The molecule has 2 aromatic carbocycles. The highest BCUT2D eigenvalue weighted by Gasteiger charge is 2.55. The second kappa shape index (κ2) is 10.1. The largest absolute Gasteiger partial charge is 0.382 e. The van der Waals surface area contributed by atoms with E-state index >= 15 is 0 Å². The lowest BCUT2D eigenvalue weighted by Gasteiger charge is -2.40. The zero-order valence-electron chi connectivity index (χ0n) is 16.9. The first-order chi connectivity index (χ1) is 14.6. The molecule has 31 heavy (non-hydrogen) atoms. The number of aliphatic hydroxyl groups is 1. The average molecular weight is 431 g/mol. The molecule has 0 bridgehead atoms. The van der Waals surface area contributed by atoms with Gasteiger partial charge in [0.1, 0.15) is 11.1 Å². The number of hydrogen-bond acceptors (Lipinski definition) is 5. The third-order valence-electron chi connectivity index (χ3n) is 4.96. The van der Waals surface area contributed by atoms with E-state index in [4.69, 9.17) is 5.21 Å². The Morgan fingerprint density at radius 3 is 2.06 bits per heavy atom. The number of nitrogens with one attached hydrogen (secondary N) is 3. The summed E-state index contributed by atoms with van der Waals surface area (Å²) in [5.74, 6) is 4.14. The molecule has 0 spiro atoms. The number of carbonyl (C=O) groups excluding carboxylic acids is 2. The van der Waals surface area contributed by atoms with E-state index in [1.807, 2.05) is 30.3 Å². The number of rotatable bonds is 7. The van der Waals surface area contributed by atoms with Crippen molar-refractivity contribution in [2.45, 2.75) is 31.4 Å². The molecule has 0 aliphatic rings. The standard InChI is InChI=1S/C22H23F2N3O4/c1-21(20(29)27-31,22(2,30)19(23)24)26-14-25-18(28)17-12-10-16(11-13-17)9-8-15-6-4-3-5-7-15/h3-7,10-13,19,26,30-31H,14H2,1-2H3,(H,25,28)(H,27,29). The van der Waals surface area contributed by atoms with Crippen molar-refractivity contribution in [3.05, 3.63) is 71.3 Å². The Balaban J connectivity index is 2.02. The minimum Gasteiger partial charge on any atom is -0.382 e. The van der Waals surface area contributed by atoms with Crippen LogP contribution in [0.5, 0.6) is 0 Å². The molecule has 9 heteroatoms. The lowest BCUT2D eigenvalue weighted by molar-refractivity contribution is -0.167. The fourth-order valence-corrected chi connectivity index (χ4v) is 2.59. The van der Waals surface area contributed by atoms with Crippen LogP contribution in [0.4, 0.5) is 8.78 Å². The Morgan fingerprint density at radius 2 is 1.55 bits per heavy atom. The van der Waals surface area contributed by atoms with Crippen molar-refractivity contribution in [2.24, 2.45) is 0 Å². The third-order valence-corrected chi connectivity index (χ3v) is 4.96. The van der Waals surface area contributed by atoms with Crippen LogP contribution in [0.3, 0.4) is 0 Å². The summed E-state index contributed by atoms with van der Waals surface area (Å²) in [6.45, 7) is 1.30. The number of hydrogen-bond donors (Lipinski definition) is 5. The van der Waals surface area contributed by atoms with Gasteiger partial charge < -0.3 is 10.4 Å². The van der Waals surface area contributed by atoms with Gasteiger partial charge in [0, 0.05) is 16.7 Å². The van der Waals surface area contributed by atoms with Gasteiger partial charge in [-0.25, -0.2) is 14.3 Å². The Hall–Kier alpha value is -3.32. The monoisotopic (exact) mass is 431 g/mol.